The van der Waals surface area contributed by atoms with E-state index in [1.54, 1.807) is 12.0 Å². The number of nitrogens with zero attached hydrogens (tertiary/aromatic N) is 1. The van der Waals surface area contributed by atoms with Gasteiger partial charge in [-0.05, 0) is 19.8 Å². The largest absolute Gasteiger partial charge is 0.377 e. The molecule has 0 aromatic heterocycles. The predicted molar refractivity (Wildman–Crippen MR) is 50.3 cm³/mol. The first-order valence-electron chi connectivity index (χ1n) is 4.64. The van der Waals surface area contributed by atoms with Gasteiger partial charge in [0.2, 0.25) is 5.91 Å². The third kappa shape index (κ3) is 2.42. The Labute approximate surface area is 79.0 Å². The number of carbonyl (C=O) groups is 1. The summed E-state index contributed by atoms with van der Waals surface area (Å²) >= 11 is 0. The summed E-state index contributed by atoms with van der Waals surface area (Å²) in [5.41, 5.74) is 5.12. The highest BCUT2D eigenvalue weighted by Crippen LogP contribution is 2.23. The molecular weight excluding hydrogens is 168 g/mol. The fraction of sp³-hybridized carbons (Fsp3) is 0.889. The van der Waals surface area contributed by atoms with Crippen LogP contribution in [0.1, 0.15) is 19.8 Å². The van der Waals surface area contributed by atoms with Crippen molar-refractivity contribution in [2.24, 2.45) is 5.73 Å². The first kappa shape index (κ1) is 10.5. The summed E-state index contributed by atoms with van der Waals surface area (Å²) < 4.78 is 5.37. The zero-order valence-corrected chi connectivity index (χ0v) is 8.38. The van der Waals surface area contributed by atoms with Crippen molar-refractivity contribution in [3.05, 3.63) is 0 Å². The van der Waals surface area contributed by atoms with E-state index in [0.717, 1.165) is 19.4 Å². The summed E-state index contributed by atoms with van der Waals surface area (Å²) in [6, 6.07) is 0. The monoisotopic (exact) mass is 186 g/mol. The lowest BCUT2D eigenvalue weighted by molar-refractivity contribution is -0.137. The molecule has 1 heterocycles. The molecule has 1 saturated heterocycles. The molecule has 1 atom stereocenters. The summed E-state index contributed by atoms with van der Waals surface area (Å²) in [7, 11) is 1.69. The number of hydrogen-bond acceptors (Lipinski definition) is 3. The van der Waals surface area contributed by atoms with Crippen LogP contribution >= 0.6 is 0 Å². The van der Waals surface area contributed by atoms with Gasteiger partial charge in [0.1, 0.15) is 0 Å². The minimum Gasteiger partial charge on any atom is -0.377 e. The van der Waals surface area contributed by atoms with Crippen LogP contribution in [0.15, 0.2) is 0 Å². The lowest BCUT2D eigenvalue weighted by Gasteiger charge is -2.39. The highest BCUT2D eigenvalue weighted by atomic mass is 16.5. The number of carbonyl (C=O) groups excluding carboxylic acids is 1. The fourth-order valence-electron chi connectivity index (χ4n) is 1.71. The number of amides is 1. The van der Waals surface area contributed by atoms with Gasteiger partial charge in [-0.2, -0.15) is 0 Å². The molecule has 0 aromatic rings. The topological polar surface area (TPSA) is 55.6 Å². The van der Waals surface area contributed by atoms with Gasteiger partial charge < -0.3 is 15.4 Å². The molecule has 0 saturated carbocycles. The molecule has 1 aliphatic rings. The first-order valence-corrected chi connectivity index (χ1v) is 4.64. The van der Waals surface area contributed by atoms with E-state index in [0.29, 0.717) is 6.54 Å². The van der Waals surface area contributed by atoms with E-state index in [2.05, 4.69) is 0 Å². The standard InChI is InChI=1S/C9H18N2O2/c1-9(13-2)4-3-5-11(7-9)8(12)6-10/h3-7,10H2,1-2H3. The second kappa shape index (κ2) is 4.07. The third-order valence-electron chi connectivity index (χ3n) is 2.68. The second-order valence-electron chi connectivity index (χ2n) is 3.78. The second-order valence-corrected chi connectivity index (χ2v) is 3.78. The molecule has 13 heavy (non-hydrogen) atoms. The maximum Gasteiger partial charge on any atom is 0.236 e. The summed E-state index contributed by atoms with van der Waals surface area (Å²) in [5.74, 6) is 0.0166. The van der Waals surface area contributed by atoms with Crippen molar-refractivity contribution in [3.63, 3.8) is 0 Å². The quantitative estimate of drug-likeness (QED) is 0.659. The van der Waals surface area contributed by atoms with E-state index >= 15 is 0 Å². The summed E-state index contributed by atoms with van der Waals surface area (Å²) in [6.45, 7) is 3.61. The van der Waals surface area contributed by atoms with Crippen molar-refractivity contribution in [1.82, 2.24) is 4.90 Å². The van der Waals surface area contributed by atoms with Crippen LogP contribution in [0.25, 0.3) is 0 Å². The zero-order chi connectivity index (χ0) is 9.90. The minimum atomic E-state index is -0.178. The van der Waals surface area contributed by atoms with Crippen LogP contribution in [0.3, 0.4) is 0 Å². The molecule has 0 aliphatic carbocycles. The van der Waals surface area contributed by atoms with Crippen LogP contribution < -0.4 is 5.73 Å². The molecule has 1 fully saturated rings. The molecule has 1 rings (SSSR count). The van der Waals surface area contributed by atoms with E-state index in [-0.39, 0.29) is 18.1 Å². The van der Waals surface area contributed by atoms with E-state index in [1.165, 1.54) is 0 Å². The van der Waals surface area contributed by atoms with Crippen molar-refractivity contribution in [1.29, 1.82) is 0 Å². The van der Waals surface area contributed by atoms with Crippen LogP contribution in [0, 0.1) is 0 Å². The van der Waals surface area contributed by atoms with E-state index in [9.17, 15) is 4.79 Å². The Morgan fingerprint density at radius 1 is 1.69 bits per heavy atom. The summed E-state index contributed by atoms with van der Waals surface area (Å²) in [5, 5.41) is 0. The minimum absolute atomic E-state index is 0.0166. The Bertz CT molecular complexity index is 196. The van der Waals surface area contributed by atoms with Crippen LogP contribution in [0.4, 0.5) is 0 Å². The molecular formula is C9H18N2O2. The lowest BCUT2D eigenvalue weighted by atomic mass is 9.95. The van der Waals surface area contributed by atoms with Crippen LogP contribution in [0.5, 0.6) is 0 Å². The number of nitrogens with two attached hydrogens (primary N) is 1. The van der Waals surface area contributed by atoms with Crippen molar-refractivity contribution in [2.75, 3.05) is 26.7 Å². The predicted octanol–water partition coefficient (Wildman–Crippen LogP) is -0.0274. The van der Waals surface area contributed by atoms with E-state index < -0.39 is 0 Å². The molecule has 0 aromatic carbocycles. The van der Waals surface area contributed by atoms with Crippen molar-refractivity contribution in [2.45, 2.75) is 25.4 Å². The molecule has 0 radical (unpaired) electrons. The van der Waals surface area contributed by atoms with Gasteiger partial charge in [0.25, 0.3) is 0 Å². The Hall–Kier alpha value is -0.610. The van der Waals surface area contributed by atoms with Crippen molar-refractivity contribution >= 4 is 5.91 Å². The normalized spacial score (nSPS) is 29.0. The maximum absolute atomic E-state index is 11.3. The highest BCUT2D eigenvalue weighted by Gasteiger charge is 2.32. The SMILES string of the molecule is COC1(C)CCCN(C(=O)CN)C1. The van der Waals surface area contributed by atoms with Gasteiger partial charge in [0.05, 0.1) is 12.1 Å². The van der Waals surface area contributed by atoms with Gasteiger partial charge >= 0.3 is 0 Å². The lowest BCUT2D eigenvalue weighted by Crippen LogP contribution is -2.51. The van der Waals surface area contributed by atoms with E-state index in [4.69, 9.17) is 10.5 Å². The molecule has 0 spiro atoms. The first-order chi connectivity index (χ1) is 6.11. The Kier molecular flexibility index (Phi) is 3.27. The number of likely N-dealkylation sites (tertiary alicyclic amines) is 1. The number of methoxy groups -OCH3 is 1. The van der Waals surface area contributed by atoms with Crippen LogP contribution in [0.2, 0.25) is 0 Å². The smallest absolute Gasteiger partial charge is 0.236 e. The van der Waals surface area contributed by atoms with Crippen LogP contribution in [-0.2, 0) is 9.53 Å². The average Bonchev–Trinajstić information content (AvgIpc) is 2.17. The fourth-order valence-corrected chi connectivity index (χ4v) is 1.71. The summed E-state index contributed by atoms with van der Waals surface area (Å²) in [4.78, 5) is 13.1. The van der Waals surface area contributed by atoms with Crippen molar-refractivity contribution in [3.8, 4) is 0 Å². The third-order valence-corrected chi connectivity index (χ3v) is 2.68. The number of hydrogen-bond donors (Lipinski definition) is 1. The zero-order valence-electron chi connectivity index (χ0n) is 8.38. The molecule has 4 heteroatoms. The van der Waals surface area contributed by atoms with Gasteiger partial charge in [-0.3, -0.25) is 4.79 Å². The molecule has 2 N–H and O–H groups in total. The Morgan fingerprint density at radius 3 is 2.92 bits per heavy atom. The number of rotatable bonds is 2. The summed E-state index contributed by atoms with van der Waals surface area (Å²) in [6.07, 6.45) is 2.01. The average molecular weight is 186 g/mol. The highest BCUT2D eigenvalue weighted by molar-refractivity contribution is 5.78. The van der Waals surface area contributed by atoms with Gasteiger partial charge in [-0.1, -0.05) is 0 Å². The molecule has 76 valence electrons. The van der Waals surface area contributed by atoms with Crippen molar-refractivity contribution < 1.29 is 9.53 Å². The van der Waals surface area contributed by atoms with Gasteiger partial charge in [0, 0.05) is 20.2 Å². The van der Waals surface area contributed by atoms with Crippen LogP contribution in [-0.4, -0.2) is 43.2 Å². The van der Waals surface area contributed by atoms with Gasteiger partial charge in [0.15, 0.2) is 0 Å². The molecule has 4 nitrogen and oxygen atoms in total. The Balaban J connectivity index is 2.56. The molecule has 1 amide bonds. The van der Waals surface area contributed by atoms with Gasteiger partial charge in [-0.15, -0.1) is 0 Å². The maximum atomic E-state index is 11.3. The number of ether oxygens (including phenoxy) is 1. The Morgan fingerprint density at radius 2 is 2.38 bits per heavy atom. The molecule has 1 aliphatic heterocycles. The van der Waals surface area contributed by atoms with E-state index in [1.807, 2.05) is 6.92 Å². The molecule has 0 bridgehead atoms. The molecule has 1 unspecified atom stereocenters. The number of piperidine rings is 1. The van der Waals surface area contributed by atoms with Gasteiger partial charge in [-0.25, -0.2) is 0 Å².